The van der Waals surface area contributed by atoms with Crippen LogP contribution in [-0.2, 0) is 13.1 Å². The standard InChI is InChI=1S/C16H20N2O2/c1-18(11-13-6-8-17-9-7-13)12-14-4-5-15(19-2)16(10-14)20-3/h4-10H,11-12H2,1-3H3. The summed E-state index contributed by atoms with van der Waals surface area (Å²) in [5.74, 6) is 1.52. The molecule has 0 unspecified atom stereocenters. The summed E-state index contributed by atoms with van der Waals surface area (Å²) in [6.07, 6.45) is 3.64. The fourth-order valence-corrected chi connectivity index (χ4v) is 2.15. The molecule has 0 saturated carbocycles. The highest BCUT2D eigenvalue weighted by Crippen LogP contribution is 2.28. The van der Waals surface area contributed by atoms with Gasteiger partial charge in [-0.3, -0.25) is 9.88 Å². The minimum absolute atomic E-state index is 0.757. The predicted molar refractivity (Wildman–Crippen MR) is 79.0 cm³/mol. The van der Waals surface area contributed by atoms with Crippen molar-refractivity contribution in [1.82, 2.24) is 9.88 Å². The van der Waals surface area contributed by atoms with Crippen LogP contribution in [0.1, 0.15) is 11.1 Å². The van der Waals surface area contributed by atoms with Crippen LogP contribution in [0.4, 0.5) is 0 Å². The normalized spacial score (nSPS) is 10.6. The Hall–Kier alpha value is -2.07. The van der Waals surface area contributed by atoms with Gasteiger partial charge in [0.15, 0.2) is 11.5 Å². The van der Waals surface area contributed by atoms with E-state index < -0.39 is 0 Å². The molecule has 0 atom stereocenters. The SMILES string of the molecule is COc1ccc(CN(C)Cc2ccncc2)cc1OC. The topological polar surface area (TPSA) is 34.6 Å². The monoisotopic (exact) mass is 272 g/mol. The third kappa shape index (κ3) is 3.71. The molecule has 4 nitrogen and oxygen atoms in total. The van der Waals surface area contributed by atoms with Gasteiger partial charge in [-0.05, 0) is 42.4 Å². The highest BCUT2D eigenvalue weighted by molar-refractivity contribution is 5.42. The lowest BCUT2D eigenvalue weighted by molar-refractivity contribution is 0.316. The highest BCUT2D eigenvalue weighted by Gasteiger charge is 2.07. The van der Waals surface area contributed by atoms with E-state index in [1.807, 2.05) is 36.7 Å². The largest absolute Gasteiger partial charge is 0.493 e. The van der Waals surface area contributed by atoms with Crippen LogP contribution in [0.3, 0.4) is 0 Å². The van der Waals surface area contributed by atoms with Crippen LogP contribution in [0.15, 0.2) is 42.7 Å². The van der Waals surface area contributed by atoms with Crippen LogP contribution in [0, 0.1) is 0 Å². The van der Waals surface area contributed by atoms with Crippen molar-refractivity contribution in [3.63, 3.8) is 0 Å². The van der Waals surface area contributed by atoms with E-state index in [1.165, 1.54) is 11.1 Å². The third-order valence-electron chi connectivity index (χ3n) is 3.10. The Morgan fingerprint density at radius 3 is 2.20 bits per heavy atom. The molecule has 0 aliphatic carbocycles. The first kappa shape index (κ1) is 14.3. The van der Waals surface area contributed by atoms with E-state index in [1.54, 1.807) is 14.2 Å². The Bertz CT molecular complexity index is 543. The van der Waals surface area contributed by atoms with Crippen molar-refractivity contribution in [2.45, 2.75) is 13.1 Å². The molecular weight excluding hydrogens is 252 g/mol. The summed E-state index contributed by atoms with van der Waals surface area (Å²) < 4.78 is 10.6. The van der Waals surface area contributed by atoms with E-state index in [0.29, 0.717) is 0 Å². The van der Waals surface area contributed by atoms with E-state index in [2.05, 4.69) is 23.0 Å². The van der Waals surface area contributed by atoms with Gasteiger partial charge < -0.3 is 9.47 Å². The number of ether oxygens (including phenoxy) is 2. The van der Waals surface area contributed by atoms with Gasteiger partial charge in [-0.25, -0.2) is 0 Å². The van der Waals surface area contributed by atoms with Gasteiger partial charge in [0.25, 0.3) is 0 Å². The van der Waals surface area contributed by atoms with E-state index in [9.17, 15) is 0 Å². The van der Waals surface area contributed by atoms with Gasteiger partial charge in [0.2, 0.25) is 0 Å². The molecule has 1 heterocycles. The molecule has 0 radical (unpaired) electrons. The Kier molecular flexibility index (Phi) is 4.96. The van der Waals surface area contributed by atoms with Gasteiger partial charge in [0.1, 0.15) is 0 Å². The second-order valence-electron chi connectivity index (χ2n) is 4.72. The Morgan fingerprint density at radius 1 is 0.900 bits per heavy atom. The zero-order valence-electron chi connectivity index (χ0n) is 12.2. The summed E-state index contributed by atoms with van der Waals surface area (Å²) in [6.45, 7) is 1.74. The van der Waals surface area contributed by atoms with Crippen LogP contribution in [0.25, 0.3) is 0 Å². The lowest BCUT2D eigenvalue weighted by Crippen LogP contribution is -2.17. The first-order valence-corrected chi connectivity index (χ1v) is 6.51. The van der Waals surface area contributed by atoms with Crippen LogP contribution in [0.2, 0.25) is 0 Å². The van der Waals surface area contributed by atoms with Crippen molar-refractivity contribution in [3.05, 3.63) is 53.9 Å². The number of rotatable bonds is 6. The average Bonchev–Trinajstić information content (AvgIpc) is 2.48. The summed E-state index contributed by atoms with van der Waals surface area (Å²) in [7, 11) is 5.40. The maximum absolute atomic E-state index is 5.32. The minimum atomic E-state index is 0.757. The third-order valence-corrected chi connectivity index (χ3v) is 3.10. The molecule has 0 fully saturated rings. The molecule has 0 saturated heterocycles. The lowest BCUT2D eigenvalue weighted by atomic mass is 10.1. The summed E-state index contributed by atoms with van der Waals surface area (Å²) in [5, 5.41) is 0. The van der Waals surface area contributed by atoms with Gasteiger partial charge in [0.05, 0.1) is 14.2 Å². The van der Waals surface area contributed by atoms with Gasteiger partial charge in [-0.15, -0.1) is 0 Å². The smallest absolute Gasteiger partial charge is 0.161 e. The summed E-state index contributed by atoms with van der Waals surface area (Å²) in [4.78, 5) is 6.28. The second kappa shape index (κ2) is 6.91. The first-order chi connectivity index (χ1) is 9.72. The van der Waals surface area contributed by atoms with Crippen molar-refractivity contribution < 1.29 is 9.47 Å². The number of nitrogens with zero attached hydrogens (tertiary/aromatic N) is 2. The van der Waals surface area contributed by atoms with Crippen LogP contribution in [0.5, 0.6) is 11.5 Å². The second-order valence-corrected chi connectivity index (χ2v) is 4.72. The number of aromatic nitrogens is 1. The molecule has 2 rings (SSSR count). The van der Waals surface area contributed by atoms with Crippen molar-refractivity contribution in [3.8, 4) is 11.5 Å². The molecule has 0 aliphatic heterocycles. The molecule has 4 heteroatoms. The van der Waals surface area contributed by atoms with Gasteiger partial charge in [-0.2, -0.15) is 0 Å². The molecule has 2 aromatic rings. The Morgan fingerprint density at radius 2 is 1.55 bits per heavy atom. The number of benzene rings is 1. The van der Waals surface area contributed by atoms with Crippen molar-refractivity contribution in [2.75, 3.05) is 21.3 Å². The number of pyridine rings is 1. The van der Waals surface area contributed by atoms with Crippen LogP contribution < -0.4 is 9.47 Å². The zero-order chi connectivity index (χ0) is 14.4. The summed E-state index contributed by atoms with van der Waals surface area (Å²) in [5.41, 5.74) is 2.45. The minimum Gasteiger partial charge on any atom is -0.493 e. The fourth-order valence-electron chi connectivity index (χ4n) is 2.15. The quantitative estimate of drug-likeness (QED) is 0.810. The molecule has 0 bridgehead atoms. The molecule has 0 amide bonds. The molecular formula is C16H20N2O2. The summed E-state index contributed by atoms with van der Waals surface area (Å²) >= 11 is 0. The fraction of sp³-hybridized carbons (Fsp3) is 0.312. The maximum atomic E-state index is 5.32. The Balaban J connectivity index is 2.02. The molecule has 0 spiro atoms. The molecule has 20 heavy (non-hydrogen) atoms. The molecule has 0 N–H and O–H groups in total. The molecule has 1 aromatic heterocycles. The predicted octanol–water partition coefficient (Wildman–Crippen LogP) is 2.73. The van der Waals surface area contributed by atoms with E-state index in [0.717, 1.165) is 24.6 Å². The Labute approximate surface area is 120 Å². The van der Waals surface area contributed by atoms with Crippen molar-refractivity contribution in [1.29, 1.82) is 0 Å². The van der Waals surface area contributed by atoms with Crippen LogP contribution in [-0.4, -0.2) is 31.2 Å². The van der Waals surface area contributed by atoms with Gasteiger partial charge in [-0.1, -0.05) is 6.07 Å². The molecule has 106 valence electrons. The van der Waals surface area contributed by atoms with Gasteiger partial charge in [0, 0.05) is 25.5 Å². The zero-order valence-corrected chi connectivity index (χ0v) is 12.2. The summed E-state index contributed by atoms with van der Waals surface area (Å²) in [6, 6.07) is 10.1. The lowest BCUT2D eigenvalue weighted by Gasteiger charge is -2.17. The molecule has 0 aliphatic rings. The highest BCUT2D eigenvalue weighted by atomic mass is 16.5. The maximum Gasteiger partial charge on any atom is 0.161 e. The van der Waals surface area contributed by atoms with Crippen molar-refractivity contribution >= 4 is 0 Å². The van der Waals surface area contributed by atoms with Crippen molar-refractivity contribution in [2.24, 2.45) is 0 Å². The van der Waals surface area contributed by atoms with E-state index >= 15 is 0 Å². The average molecular weight is 272 g/mol. The molecule has 1 aromatic carbocycles. The van der Waals surface area contributed by atoms with Gasteiger partial charge >= 0.3 is 0 Å². The van der Waals surface area contributed by atoms with E-state index in [4.69, 9.17) is 9.47 Å². The first-order valence-electron chi connectivity index (χ1n) is 6.51. The number of hydrogen-bond acceptors (Lipinski definition) is 4. The van der Waals surface area contributed by atoms with E-state index in [-0.39, 0.29) is 0 Å². The number of hydrogen-bond donors (Lipinski definition) is 0. The van der Waals surface area contributed by atoms with Crippen LogP contribution >= 0.6 is 0 Å². The number of methoxy groups -OCH3 is 2.